The number of phenols is 1. The highest BCUT2D eigenvalue weighted by atomic mass is 16.4. The number of phenolic OH excluding ortho intramolecular Hbond substituents is 1. The Bertz CT molecular complexity index is 514. The lowest BCUT2D eigenvalue weighted by molar-refractivity contribution is 0.0925. The Labute approximate surface area is 111 Å². The van der Waals surface area contributed by atoms with Gasteiger partial charge in [0.1, 0.15) is 5.75 Å². The molecule has 19 heavy (non-hydrogen) atoms. The monoisotopic (exact) mass is 265 g/mol. The van der Waals surface area contributed by atoms with Gasteiger partial charge in [-0.05, 0) is 44.0 Å². The van der Waals surface area contributed by atoms with Crippen LogP contribution in [0.15, 0.2) is 23.4 Å². The number of oxime groups is 1. The zero-order chi connectivity index (χ0) is 14.6. The maximum atomic E-state index is 12.1. The highest BCUT2D eigenvalue weighted by molar-refractivity contribution is 6.00. The maximum Gasteiger partial charge on any atom is 0.252 e. The summed E-state index contributed by atoms with van der Waals surface area (Å²) < 4.78 is 0. The molecule has 0 bridgehead atoms. The smallest absolute Gasteiger partial charge is 0.252 e. The van der Waals surface area contributed by atoms with E-state index in [1.807, 2.05) is 6.92 Å². The van der Waals surface area contributed by atoms with Gasteiger partial charge in [-0.15, -0.1) is 0 Å². The second-order valence-corrected chi connectivity index (χ2v) is 4.63. The van der Waals surface area contributed by atoms with Crippen LogP contribution in [-0.2, 0) is 0 Å². The molecule has 1 aromatic rings. The SMILES string of the molecule is CCC(C)(NC(=O)c1ccc(O)c(C)c1)/C(N)=N/O. The Morgan fingerprint density at radius 2 is 2.16 bits per heavy atom. The average Bonchev–Trinajstić information content (AvgIpc) is 2.40. The van der Waals surface area contributed by atoms with Crippen molar-refractivity contribution in [2.75, 3.05) is 0 Å². The lowest BCUT2D eigenvalue weighted by Gasteiger charge is -2.28. The summed E-state index contributed by atoms with van der Waals surface area (Å²) in [6.45, 7) is 5.20. The molecule has 0 fully saturated rings. The van der Waals surface area contributed by atoms with Crippen LogP contribution in [0, 0.1) is 6.92 Å². The fourth-order valence-corrected chi connectivity index (χ4v) is 1.56. The molecule has 6 nitrogen and oxygen atoms in total. The molecule has 0 saturated heterocycles. The van der Waals surface area contributed by atoms with E-state index in [0.717, 1.165) is 0 Å². The fourth-order valence-electron chi connectivity index (χ4n) is 1.56. The molecule has 0 aliphatic heterocycles. The number of hydrogen-bond donors (Lipinski definition) is 4. The van der Waals surface area contributed by atoms with Crippen LogP contribution < -0.4 is 11.1 Å². The lowest BCUT2D eigenvalue weighted by atomic mass is 9.96. The number of rotatable bonds is 4. The van der Waals surface area contributed by atoms with Gasteiger partial charge in [-0.3, -0.25) is 4.79 Å². The maximum absolute atomic E-state index is 12.1. The highest BCUT2D eigenvalue weighted by Gasteiger charge is 2.30. The normalized spacial score (nSPS) is 14.8. The molecule has 1 atom stereocenters. The number of amidine groups is 1. The minimum Gasteiger partial charge on any atom is -0.508 e. The van der Waals surface area contributed by atoms with Gasteiger partial charge in [0.05, 0.1) is 5.54 Å². The molecule has 5 N–H and O–H groups in total. The molecule has 6 heteroatoms. The molecule has 0 saturated carbocycles. The van der Waals surface area contributed by atoms with E-state index in [1.54, 1.807) is 19.9 Å². The van der Waals surface area contributed by atoms with Gasteiger partial charge in [-0.25, -0.2) is 0 Å². The van der Waals surface area contributed by atoms with E-state index >= 15 is 0 Å². The quantitative estimate of drug-likeness (QED) is 0.285. The molecule has 0 radical (unpaired) electrons. The van der Waals surface area contributed by atoms with Gasteiger partial charge in [0.15, 0.2) is 5.84 Å². The summed E-state index contributed by atoms with van der Waals surface area (Å²) in [6, 6.07) is 4.55. The minimum absolute atomic E-state index is 0.0566. The number of amides is 1. The van der Waals surface area contributed by atoms with Crippen molar-refractivity contribution in [3.05, 3.63) is 29.3 Å². The second-order valence-electron chi connectivity index (χ2n) is 4.63. The number of nitrogens with zero attached hydrogens (tertiary/aromatic N) is 1. The van der Waals surface area contributed by atoms with Gasteiger partial charge in [-0.2, -0.15) is 0 Å². The van der Waals surface area contributed by atoms with E-state index in [-0.39, 0.29) is 17.5 Å². The van der Waals surface area contributed by atoms with Crippen molar-refractivity contribution in [2.24, 2.45) is 10.9 Å². The number of carbonyl (C=O) groups is 1. The van der Waals surface area contributed by atoms with Crippen LogP contribution in [0.2, 0.25) is 0 Å². The molecule has 1 amide bonds. The van der Waals surface area contributed by atoms with E-state index in [9.17, 15) is 9.90 Å². The summed E-state index contributed by atoms with van der Waals surface area (Å²) in [5.41, 5.74) is 5.68. The first-order valence-corrected chi connectivity index (χ1v) is 5.94. The van der Waals surface area contributed by atoms with Crippen molar-refractivity contribution in [1.82, 2.24) is 5.32 Å². The lowest BCUT2D eigenvalue weighted by Crippen LogP contribution is -2.55. The van der Waals surface area contributed by atoms with Crippen molar-refractivity contribution in [3.8, 4) is 5.75 Å². The zero-order valence-corrected chi connectivity index (χ0v) is 11.3. The van der Waals surface area contributed by atoms with Crippen LogP contribution in [0.3, 0.4) is 0 Å². The molecule has 1 rings (SSSR count). The van der Waals surface area contributed by atoms with E-state index in [1.165, 1.54) is 12.1 Å². The Kier molecular flexibility index (Phi) is 4.37. The van der Waals surface area contributed by atoms with Gasteiger partial charge in [0, 0.05) is 5.56 Å². The van der Waals surface area contributed by atoms with E-state index < -0.39 is 5.54 Å². The number of aryl methyl sites for hydroxylation is 1. The van der Waals surface area contributed by atoms with Crippen LogP contribution in [0.5, 0.6) is 5.75 Å². The summed E-state index contributed by atoms with van der Waals surface area (Å²) in [6.07, 6.45) is 0.478. The predicted octanol–water partition coefficient (Wildman–Crippen LogP) is 1.35. The molecule has 0 aliphatic carbocycles. The van der Waals surface area contributed by atoms with Crippen LogP contribution in [0.1, 0.15) is 36.2 Å². The number of aromatic hydroxyl groups is 1. The first-order chi connectivity index (χ1) is 8.84. The molecule has 1 unspecified atom stereocenters. The van der Waals surface area contributed by atoms with E-state index in [0.29, 0.717) is 17.5 Å². The number of hydrogen-bond acceptors (Lipinski definition) is 4. The van der Waals surface area contributed by atoms with Crippen LogP contribution >= 0.6 is 0 Å². The van der Waals surface area contributed by atoms with Gasteiger partial charge >= 0.3 is 0 Å². The first-order valence-electron chi connectivity index (χ1n) is 5.94. The summed E-state index contributed by atoms with van der Waals surface area (Å²) in [7, 11) is 0. The largest absolute Gasteiger partial charge is 0.508 e. The van der Waals surface area contributed by atoms with Crippen molar-refractivity contribution >= 4 is 11.7 Å². The molecular formula is C13H19N3O3. The number of carbonyl (C=O) groups excluding carboxylic acids is 1. The Morgan fingerprint density at radius 1 is 1.53 bits per heavy atom. The predicted molar refractivity (Wildman–Crippen MR) is 72.4 cm³/mol. The van der Waals surface area contributed by atoms with Gasteiger partial charge in [0.25, 0.3) is 5.91 Å². The Hall–Kier alpha value is -2.24. The molecular weight excluding hydrogens is 246 g/mol. The standard InChI is InChI=1S/C13H19N3O3/c1-4-13(3,12(14)16-19)15-11(18)9-5-6-10(17)8(2)7-9/h5-7,17,19H,4H2,1-3H3,(H2,14,16)(H,15,18). The summed E-state index contributed by atoms with van der Waals surface area (Å²) in [5.74, 6) is -0.274. The minimum atomic E-state index is -0.919. The number of nitrogens with two attached hydrogens (primary N) is 1. The van der Waals surface area contributed by atoms with Crippen molar-refractivity contribution in [1.29, 1.82) is 0 Å². The third-order valence-electron chi connectivity index (χ3n) is 3.23. The van der Waals surface area contributed by atoms with Crippen LogP contribution in [-0.4, -0.2) is 27.6 Å². The Morgan fingerprint density at radius 3 is 2.63 bits per heavy atom. The van der Waals surface area contributed by atoms with E-state index in [2.05, 4.69) is 10.5 Å². The molecule has 0 heterocycles. The Balaban J connectivity index is 2.98. The molecule has 0 aliphatic rings. The van der Waals surface area contributed by atoms with Crippen LogP contribution in [0.4, 0.5) is 0 Å². The van der Waals surface area contributed by atoms with Crippen molar-refractivity contribution < 1.29 is 15.1 Å². The van der Waals surface area contributed by atoms with Crippen molar-refractivity contribution in [2.45, 2.75) is 32.7 Å². The average molecular weight is 265 g/mol. The third kappa shape index (κ3) is 3.15. The first kappa shape index (κ1) is 14.8. The number of benzene rings is 1. The highest BCUT2D eigenvalue weighted by Crippen LogP contribution is 2.18. The van der Waals surface area contributed by atoms with Gasteiger partial charge in [-0.1, -0.05) is 12.1 Å². The zero-order valence-electron chi connectivity index (χ0n) is 11.3. The van der Waals surface area contributed by atoms with Gasteiger partial charge < -0.3 is 21.4 Å². The summed E-state index contributed by atoms with van der Waals surface area (Å²) >= 11 is 0. The molecule has 1 aromatic carbocycles. The van der Waals surface area contributed by atoms with E-state index in [4.69, 9.17) is 10.9 Å². The van der Waals surface area contributed by atoms with Crippen molar-refractivity contribution in [3.63, 3.8) is 0 Å². The topological polar surface area (TPSA) is 108 Å². The van der Waals surface area contributed by atoms with Gasteiger partial charge in [0.2, 0.25) is 0 Å². The number of nitrogens with one attached hydrogen (secondary N) is 1. The summed E-state index contributed by atoms with van der Waals surface area (Å²) in [4.78, 5) is 12.1. The second kappa shape index (κ2) is 5.60. The third-order valence-corrected chi connectivity index (χ3v) is 3.23. The molecule has 104 valence electrons. The summed E-state index contributed by atoms with van der Waals surface area (Å²) in [5, 5.41) is 23.8. The fraction of sp³-hybridized carbons (Fsp3) is 0.385. The van der Waals surface area contributed by atoms with Crippen LogP contribution in [0.25, 0.3) is 0 Å². The molecule has 0 aromatic heterocycles. The molecule has 0 spiro atoms.